The van der Waals surface area contributed by atoms with Crippen LogP contribution in [0.4, 0.5) is 0 Å². The first-order valence-corrected chi connectivity index (χ1v) is 6.24. The number of amides is 1. The van der Waals surface area contributed by atoms with Crippen LogP contribution in [-0.4, -0.2) is 28.6 Å². The van der Waals surface area contributed by atoms with Crippen LogP contribution in [0.3, 0.4) is 0 Å². The first-order valence-electron chi connectivity index (χ1n) is 6.24. The molecule has 1 heterocycles. The number of aliphatic hydroxyl groups excluding tert-OH is 1. The number of hydrogen-bond donors (Lipinski definition) is 3. The summed E-state index contributed by atoms with van der Waals surface area (Å²) in [5.41, 5.74) is 1.62. The van der Waals surface area contributed by atoms with E-state index in [0.29, 0.717) is 24.9 Å². The van der Waals surface area contributed by atoms with Crippen molar-refractivity contribution >= 4 is 16.8 Å². The molecule has 0 aliphatic carbocycles. The topological polar surface area (TPSA) is 65.1 Å². The van der Waals surface area contributed by atoms with Gasteiger partial charge in [0.2, 0.25) is 0 Å². The lowest BCUT2D eigenvalue weighted by atomic mass is 10.1. The fraction of sp³-hybridized carbons (Fsp3) is 0.357. The van der Waals surface area contributed by atoms with E-state index in [1.807, 2.05) is 37.4 Å². The van der Waals surface area contributed by atoms with Crippen LogP contribution in [0.1, 0.15) is 30.1 Å². The summed E-state index contributed by atoms with van der Waals surface area (Å²) in [7, 11) is 0. The molecule has 18 heavy (non-hydrogen) atoms. The van der Waals surface area contributed by atoms with Gasteiger partial charge in [-0.05, 0) is 31.0 Å². The van der Waals surface area contributed by atoms with Crippen molar-refractivity contribution in [1.82, 2.24) is 10.3 Å². The third-order valence-electron chi connectivity index (χ3n) is 3.07. The van der Waals surface area contributed by atoms with E-state index in [-0.39, 0.29) is 12.0 Å². The zero-order valence-corrected chi connectivity index (χ0v) is 10.4. The average molecular weight is 246 g/mol. The Labute approximate surface area is 106 Å². The highest BCUT2D eigenvalue weighted by Crippen LogP contribution is 2.17. The second kappa shape index (κ2) is 5.69. The lowest BCUT2D eigenvalue weighted by Gasteiger charge is -2.09. The quantitative estimate of drug-likeness (QED) is 0.756. The Hall–Kier alpha value is -1.81. The number of aliphatic hydroxyl groups is 1. The van der Waals surface area contributed by atoms with E-state index >= 15 is 0 Å². The van der Waals surface area contributed by atoms with E-state index in [4.69, 9.17) is 0 Å². The molecule has 1 amide bonds. The molecule has 4 heteroatoms. The van der Waals surface area contributed by atoms with Crippen molar-refractivity contribution in [2.75, 3.05) is 6.54 Å². The fourth-order valence-electron chi connectivity index (χ4n) is 1.94. The number of carbonyl (C=O) groups excluding carboxylic acids is 1. The van der Waals surface area contributed by atoms with Gasteiger partial charge in [0.25, 0.3) is 5.91 Å². The van der Waals surface area contributed by atoms with Crippen LogP contribution in [0.5, 0.6) is 0 Å². The summed E-state index contributed by atoms with van der Waals surface area (Å²) in [6.07, 6.45) is 2.78. The van der Waals surface area contributed by atoms with Crippen LogP contribution < -0.4 is 5.32 Å². The number of benzene rings is 1. The summed E-state index contributed by atoms with van der Waals surface area (Å²) < 4.78 is 0. The molecule has 0 aliphatic rings. The van der Waals surface area contributed by atoms with E-state index in [1.165, 1.54) is 0 Å². The predicted octanol–water partition coefficient (Wildman–Crippen LogP) is 2.06. The van der Waals surface area contributed by atoms with Crippen molar-refractivity contribution in [3.8, 4) is 0 Å². The Morgan fingerprint density at radius 3 is 3.06 bits per heavy atom. The minimum atomic E-state index is -0.339. The zero-order valence-electron chi connectivity index (χ0n) is 10.4. The molecule has 0 aliphatic heterocycles. The van der Waals surface area contributed by atoms with Gasteiger partial charge >= 0.3 is 0 Å². The fourth-order valence-corrected chi connectivity index (χ4v) is 1.94. The molecule has 1 unspecified atom stereocenters. The van der Waals surface area contributed by atoms with Crippen LogP contribution >= 0.6 is 0 Å². The van der Waals surface area contributed by atoms with Gasteiger partial charge in [-0.15, -0.1) is 0 Å². The molecule has 0 saturated heterocycles. The van der Waals surface area contributed by atoms with Gasteiger partial charge in [0.05, 0.1) is 6.10 Å². The van der Waals surface area contributed by atoms with Crippen LogP contribution in [0, 0.1) is 0 Å². The highest BCUT2D eigenvalue weighted by molar-refractivity contribution is 6.06. The molecule has 2 rings (SSSR count). The number of aromatic nitrogens is 1. The number of rotatable bonds is 5. The number of aromatic amines is 1. The van der Waals surface area contributed by atoms with Crippen molar-refractivity contribution in [1.29, 1.82) is 0 Å². The monoisotopic (exact) mass is 246 g/mol. The number of fused-ring (bicyclic) bond motifs is 1. The van der Waals surface area contributed by atoms with Crippen LogP contribution in [0.25, 0.3) is 10.9 Å². The predicted molar refractivity (Wildman–Crippen MR) is 71.5 cm³/mol. The van der Waals surface area contributed by atoms with Crippen LogP contribution in [0.2, 0.25) is 0 Å². The molecule has 0 fully saturated rings. The van der Waals surface area contributed by atoms with E-state index < -0.39 is 0 Å². The molecular formula is C14H18N2O2. The second-order valence-electron chi connectivity index (χ2n) is 4.35. The third kappa shape index (κ3) is 2.71. The van der Waals surface area contributed by atoms with E-state index in [0.717, 1.165) is 10.9 Å². The van der Waals surface area contributed by atoms with Crippen molar-refractivity contribution in [2.45, 2.75) is 25.9 Å². The van der Waals surface area contributed by atoms with E-state index in [2.05, 4.69) is 10.3 Å². The summed E-state index contributed by atoms with van der Waals surface area (Å²) in [4.78, 5) is 15.1. The molecule has 1 atom stereocenters. The highest BCUT2D eigenvalue weighted by Gasteiger charge is 2.10. The molecule has 96 valence electrons. The SMILES string of the molecule is CCC(O)CCNC(=O)c1cccc2[nH]ccc12. The van der Waals surface area contributed by atoms with Gasteiger partial charge in [-0.3, -0.25) is 4.79 Å². The summed E-state index contributed by atoms with van der Waals surface area (Å²) in [5.74, 6) is -0.0940. The Balaban J connectivity index is 2.03. The summed E-state index contributed by atoms with van der Waals surface area (Å²) in [5, 5.41) is 13.2. The van der Waals surface area contributed by atoms with Gasteiger partial charge < -0.3 is 15.4 Å². The normalized spacial score (nSPS) is 12.6. The molecule has 0 bridgehead atoms. The molecule has 1 aromatic carbocycles. The molecule has 0 saturated carbocycles. The molecule has 4 nitrogen and oxygen atoms in total. The molecule has 0 radical (unpaired) electrons. The number of nitrogens with one attached hydrogen (secondary N) is 2. The smallest absolute Gasteiger partial charge is 0.251 e. The second-order valence-corrected chi connectivity index (χ2v) is 4.35. The molecule has 0 spiro atoms. The van der Waals surface area contributed by atoms with E-state index in [1.54, 1.807) is 0 Å². The lowest BCUT2D eigenvalue weighted by molar-refractivity contribution is 0.0943. The maximum Gasteiger partial charge on any atom is 0.251 e. The van der Waals surface area contributed by atoms with Crippen molar-refractivity contribution < 1.29 is 9.90 Å². The maximum absolute atomic E-state index is 12.0. The van der Waals surface area contributed by atoms with Gasteiger partial charge in [0.15, 0.2) is 0 Å². The summed E-state index contributed by atoms with van der Waals surface area (Å²) in [6, 6.07) is 7.49. The van der Waals surface area contributed by atoms with Crippen LogP contribution in [-0.2, 0) is 0 Å². The van der Waals surface area contributed by atoms with Crippen molar-refractivity contribution in [3.05, 3.63) is 36.0 Å². The molecular weight excluding hydrogens is 228 g/mol. The minimum Gasteiger partial charge on any atom is -0.393 e. The minimum absolute atomic E-state index is 0.0940. The first-order chi connectivity index (χ1) is 8.72. The third-order valence-corrected chi connectivity index (χ3v) is 3.07. The van der Waals surface area contributed by atoms with Gasteiger partial charge in [-0.2, -0.15) is 0 Å². The average Bonchev–Trinajstić information content (AvgIpc) is 2.86. The Morgan fingerprint density at radius 1 is 1.44 bits per heavy atom. The molecule has 2 aromatic rings. The van der Waals surface area contributed by atoms with Gasteiger partial charge in [0, 0.05) is 29.2 Å². The van der Waals surface area contributed by atoms with Gasteiger partial charge in [0.1, 0.15) is 0 Å². The molecule has 1 aromatic heterocycles. The largest absolute Gasteiger partial charge is 0.393 e. The lowest BCUT2D eigenvalue weighted by Crippen LogP contribution is -2.27. The molecule has 3 N–H and O–H groups in total. The highest BCUT2D eigenvalue weighted by atomic mass is 16.3. The first kappa shape index (κ1) is 12.6. The standard InChI is InChI=1S/C14H18N2O2/c1-2-10(17)6-8-16-14(18)12-4-3-5-13-11(12)7-9-15-13/h3-5,7,9-10,15,17H,2,6,8H2,1H3,(H,16,18). The maximum atomic E-state index is 12.0. The van der Waals surface area contributed by atoms with Crippen molar-refractivity contribution in [3.63, 3.8) is 0 Å². The number of H-pyrrole nitrogens is 1. The van der Waals surface area contributed by atoms with E-state index in [9.17, 15) is 9.90 Å². The van der Waals surface area contributed by atoms with Gasteiger partial charge in [-0.1, -0.05) is 13.0 Å². The Morgan fingerprint density at radius 2 is 2.28 bits per heavy atom. The zero-order chi connectivity index (χ0) is 13.0. The Kier molecular flexibility index (Phi) is 3.99. The van der Waals surface area contributed by atoms with Crippen molar-refractivity contribution in [2.24, 2.45) is 0 Å². The summed E-state index contributed by atoms with van der Waals surface area (Å²) in [6.45, 7) is 2.42. The Bertz CT molecular complexity index is 533. The number of hydrogen-bond acceptors (Lipinski definition) is 2. The number of carbonyl (C=O) groups is 1. The summed E-state index contributed by atoms with van der Waals surface area (Å²) >= 11 is 0. The van der Waals surface area contributed by atoms with Gasteiger partial charge in [-0.25, -0.2) is 0 Å². The van der Waals surface area contributed by atoms with Crippen LogP contribution in [0.15, 0.2) is 30.5 Å².